The van der Waals surface area contributed by atoms with E-state index in [-0.39, 0.29) is 6.54 Å². The molecule has 0 radical (unpaired) electrons. The lowest BCUT2D eigenvalue weighted by Crippen LogP contribution is -2.13. The van der Waals surface area contributed by atoms with Crippen molar-refractivity contribution in [2.75, 3.05) is 17.6 Å². The van der Waals surface area contributed by atoms with Gasteiger partial charge in [-0.1, -0.05) is 0 Å². The number of benzene rings is 1. The maximum atomic E-state index is 10.4. The highest BCUT2D eigenvalue weighted by Crippen LogP contribution is 2.21. The Bertz CT molecular complexity index is 541. The number of nitrogens with zero attached hydrogens (tertiary/aromatic N) is 2. The van der Waals surface area contributed by atoms with Crippen molar-refractivity contribution in [2.45, 2.75) is 0 Å². The van der Waals surface area contributed by atoms with E-state index in [0.29, 0.717) is 16.9 Å². The summed E-state index contributed by atoms with van der Waals surface area (Å²) in [5.41, 5.74) is 6.95. The van der Waals surface area contributed by atoms with Crippen molar-refractivity contribution in [1.29, 1.82) is 0 Å². The first-order chi connectivity index (χ1) is 7.66. The van der Waals surface area contributed by atoms with Crippen LogP contribution in [0, 0.1) is 0 Å². The summed E-state index contributed by atoms with van der Waals surface area (Å²) in [5.74, 6) is -0.477. The van der Waals surface area contributed by atoms with Crippen LogP contribution in [0.15, 0.2) is 24.5 Å². The highest BCUT2D eigenvalue weighted by Gasteiger charge is 2.04. The van der Waals surface area contributed by atoms with Crippen LogP contribution in [0.25, 0.3) is 10.9 Å². The van der Waals surface area contributed by atoms with Crippen LogP contribution in [0.4, 0.5) is 11.5 Å². The molecule has 6 heteroatoms. The molecule has 0 unspecified atom stereocenters. The molecule has 6 nitrogen and oxygen atoms in total. The Balaban J connectivity index is 2.43. The van der Waals surface area contributed by atoms with Gasteiger partial charge in [0, 0.05) is 11.1 Å². The summed E-state index contributed by atoms with van der Waals surface area (Å²) in [7, 11) is 0. The summed E-state index contributed by atoms with van der Waals surface area (Å²) in [6.07, 6.45) is 1.38. The van der Waals surface area contributed by atoms with Crippen LogP contribution in [-0.2, 0) is 4.79 Å². The lowest BCUT2D eigenvalue weighted by Gasteiger charge is -2.06. The zero-order valence-corrected chi connectivity index (χ0v) is 8.34. The van der Waals surface area contributed by atoms with Crippen molar-refractivity contribution in [3.8, 4) is 0 Å². The molecule has 0 aliphatic carbocycles. The molecule has 0 aliphatic heterocycles. The second-order valence-corrected chi connectivity index (χ2v) is 3.25. The van der Waals surface area contributed by atoms with E-state index in [1.54, 1.807) is 18.2 Å². The normalized spacial score (nSPS) is 10.2. The van der Waals surface area contributed by atoms with Crippen molar-refractivity contribution in [1.82, 2.24) is 9.97 Å². The number of hydrogen-bond donors (Lipinski definition) is 3. The van der Waals surface area contributed by atoms with E-state index in [0.717, 1.165) is 5.52 Å². The van der Waals surface area contributed by atoms with Crippen LogP contribution in [0.3, 0.4) is 0 Å². The fourth-order valence-corrected chi connectivity index (χ4v) is 1.37. The van der Waals surface area contributed by atoms with Gasteiger partial charge in [0.05, 0.1) is 5.52 Å². The van der Waals surface area contributed by atoms with E-state index in [1.165, 1.54) is 6.33 Å². The minimum atomic E-state index is -0.948. The minimum Gasteiger partial charge on any atom is -0.480 e. The van der Waals surface area contributed by atoms with Gasteiger partial charge in [0.15, 0.2) is 0 Å². The number of anilines is 2. The quantitative estimate of drug-likeness (QED) is 0.656. The first-order valence-electron chi connectivity index (χ1n) is 4.63. The van der Waals surface area contributed by atoms with Crippen molar-refractivity contribution < 1.29 is 9.90 Å². The molecule has 0 saturated heterocycles. The maximum absolute atomic E-state index is 10.4. The third kappa shape index (κ3) is 2.00. The Kier molecular flexibility index (Phi) is 2.55. The lowest BCUT2D eigenvalue weighted by molar-refractivity contribution is -0.134. The van der Waals surface area contributed by atoms with Crippen molar-refractivity contribution in [3.05, 3.63) is 24.5 Å². The van der Waals surface area contributed by atoms with Gasteiger partial charge < -0.3 is 16.2 Å². The highest BCUT2D eigenvalue weighted by atomic mass is 16.4. The average molecular weight is 218 g/mol. The molecule has 1 aromatic heterocycles. The zero-order valence-electron chi connectivity index (χ0n) is 8.34. The van der Waals surface area contributed by atoms with E-state index < -0.39 is 5.97 Å². The van der Waals surface area contributed by atoms with Crippen LogP contribution in [0.2, 0.25) is 0 Å². The number of nitrogen functional groups attached to an aromatic ring is 1. The van der Waals surface area contributed by atoms with Crippen molar-refractivity contribution in [3.63, 3.8) is 0 Å². The van der Waals surface area contributed by atoms with E-state index in [4.69, 9.17) is 10.8 Å². The smallest absolute Gasteiger partial charge is 0.322 e. The second-order valence-electron chi connectivity index (χ2n) is 3.25. The van der Waals surface area contributed by atoms with E-state index in [2.05, 4.69) is 15.3 Å². The van der Waals surface area contributed by atoms with Gasteiger partial charge >= 0.3 is 5.97 Å². The summed E-state index contributed by atoms with van der Waals surface area (Å²) in [6.45, 7) is -0.194. The van der Waals surface area contributed by atoms with Gasteiger partial charge in [-0.15, -0.1) is 0 Å². The van der Waals surface area contributed by atoms with Gasteiger partial charge in [-0.25, -0.2) is 9.97 Å². The standard InChI is InChI=1S/C10H10N4O2/c11-6-1-2-8-7(3-6)10(14-5-13-8)12-4-9(15)16/h1-3,5H,4,11H2,(H,15,16)(H,12,13,14). The molecule has 0 fully saturated rings. The molecule has 16 heavy (non-hydrogen) atoms. The van der Waals surface area contributed by atoms with Crippen molar-refractivity contribution >= 4 is 28.4 Å². The zero-order chi connectivity index (χ0) is 11.5. The molecular weight excluding hydrogens is 208 g/mol. The molecule has 1 aromatic carbocycles. The summed E-state index contributed by atoms with van der Waals surface area (Å²) in [6, 6.07) is 5.20. The molecular formula is C10H10N4O2. The number of fused-ring (bicyclic) bond motifs is 1. The van der Waals surface area contributed by atoms with Crippen LogP contribution < -0.4 is 11.1 Å². The Hall–Kier alpha value is -2.37. The van der Waals surface area contributed by atoms with E-state index in [9.17, 15) is 4.79 Å². The fraction of sp³-hybridized carbons (Fsp3) is 0.100. The predicted molar refractivity (Wildman–Crippen MR) is 60.1 cm³/mol. The number of nitrogens with one attached hydrogen (secondary N) is 1. The topological polar surface area (TPSA) is 101 Å². The Morgan fingerprint density at radius 3 is 3.00 bits per heavy atom. The van der Waals surface area contributed by atoms with Gasteiger partial charge in [-0.2, -0.15) is 0 Å². The van der Waals surface area contributed by atoms with Gasteiger partial charge in [0.25, 0.3) is 0 Å². The number of aromatic nitrogens is 2. The summed E-state index contributed by atoms with van der Waals surface area (Å²) < 4.78 is 0. The summed E-state index contributed by atoms with van der Waals surface area (Å²) in [5, 5.41) is 12.0. The molecule has 0 saturated carbocycles. The number of rotatable bonds is 3. The van der Waals surface area contributed by atoms with Crippen LogP contribution in [0.1, 0.15) is 0 Å². The molecule has 0 atom stereocenters. The highest BCUT2D eigenvalue weighted by molar-refractivity contribution is 5.92. The number of hydrogen-bond acceptors (Lipinski definition) is 5. The van der Waals surface area contributed by atoms with Crippen LogP contribution >= 0.6 is 0 Å². The fourth-order valence-electron chi connectivity index (χ4n) is 1.37. The first-order valence-corrected chi connectivity index (χ1v) is 4.63. The molecule has 0 spiro atoms. The molecule has 0 aliphatic rings. The van der Waals surface area contributed by atoms with Gasteiger partial charge in [0.2, 0.25) is 0 Å². The Morgan fingerprint density at radius 1 is 1.44 bits per heavy atom. The maximum Gasteiger partial charge on any atom is 0.322 e. The third-order valence-electron chi connectivity index (χ3n) is 2.07. The Labute approximate surface area is 91.1 Å². The molecule has 4 N–H and O–H groups in total. The number of carbonyl (C=O) groups is 1. The SMILES string of the molecule is Nc1ccc2ncnc(NCC(=O)O)c2c1. The number of carboxylic acids is 1. The molecule has 2 rings (SSSR count). The van der Waals surface area contributed by atoms with Crippen LogP contribution in [-0.4, -0.2) is 27.6 Å². The first kappa shape index (κ1) is 10.2. The van der Waals surface area contributed by atoms with E-state index in [1.807, 2.05) is 0 Å². The van der Waals surface area contributed by atoms with Gasteiger partial charge in [-0.3, -0.25) is 4.79 Å². The van der Waals surface area contributed by atoms with Gasteiger partial charge in [-0.05, 0) is 18.2 Å². The van der Waals surface area contributed by atoms with Crippen molar-refractivity contribution in [2.24, 2.45) is 0 Å². The third-order valence-corrected chi connectivity index (χ3v) is 2.07. The molecule has 1 heterocycles. The number of aliphatic carboxylic acids is 1. The monoisotopic (exact) mass is 218 g/mol. The molecule has 2 aromatic rings. The summed E-state index contributed by atoms with van der Waals surface area (Å²) >= 11 is 0. The Morgan fingerprint density at radius 2 is 2.25 bits per heavy atom. The largest absolute Gasteiger partial charge is 0.480 e. The molecule has 0 bridgehead atoms. The lowest BCUT2D eigenvalue weighted by atomic mass is 10.2. The average Bonchev–Trinajstić information content (AvgIpc) is 2.26. The van der Waals surface area contributed by atoms with E-state index >= 15 is 0 Å². The molecule has 0 amide bonds. The minimum absolute atomic E-state index is 0.194. The summed E-state index contributed by atoms with van der Waals surface area (Å²) in [4.78, 5) is 18.5. The number of nitrogens with two attached hydrogens (primary N) is 1. The second kappa shape index (κ2) is 4.01. The number of carboxylic acid groups (broad SMARTS) is 1. The molecule has 82 valence electrons. The predicted octanol–water partition coefficient (Wildman–Crippen LogP) is 0.708. The van der Waals surface area contributed by atoms with Gasteiger partial charge in [0.1, 0.15) is 18.7 Å². The van der Waals surface area contributed by atoms with Crippen LogP contribution in [0.5, 0.6) is 0 Å².